The molecule has 0 aliphatic rings. The molecular formula is C24H37N5O6. The average Bonchev–Trinajstić information content (AvgIpc) is 2.75. The molecular weight excluding hydrogens is 454 g/mol. The fourth-order valence-electron chi connectivity index (χ4n) is 3.40. The molecule has 0 aliphatic carbocycles. The van der Waals surface area contributed by atoms with E-state index in [4.69, 9.17) is 11.5 Å². The van der Waals surface area contributed by atoms with Gasteiger partial charge in [-0.2, -0.15) is 0 Å². The zero-order valence-corrected chi connectivity index (χ0v) is 20.6. The molecule has 4 amide bonds. The highest BCUT2D eigenvalue weighted by atomic mass is 16.4. The lowest BCUT2D eigenvalue weighted by molar-refractivity contribution is -0.143. The molecule has 4 atom stereocenters. The van der Waals surface area contributed by atoms with E-state index in [2.05, 4.69) is 16.0 Å². The van der Waals surface area contributed by atoms with Crippen LogP contribution in [0.4, 0.5) is 0 Å². The second-order valence-corrected chi connectivity index (χ2v) is 9.29. The maximum absolute atomic E-state index is 13.1. The second-order valence-electron chi connectivity index (χ2n) is 9.29. The van der Waals surface area contributed by atoms with Crippen molar-refractivity contribution in [3.05, 3.63) is 35.9 Å². The Bertz CT molecular complexity index is 890. The van der Waals surface area contributed by atoms with E-state index in [1.807, 2.05) is 13.8 Å². The second kappa shape index (κ2) is 14.1. The normalized spacial score (nSPS) is 14.5. The minimum absolute atomic E-state index is 0.0486. The molecule has 35 heavy (non-hydrogen) atoms. The van der Waals surface area contributed by atoms with Crippen LogP contribution in [-0.2, 0) is 30.4 Å². The van der Waals surface area contributed by atoms with Crippen LogP contribution in [0.3, 0.4) is 0 Å². The van der Waals surface area contributed by atoms with Crippen LogP contribution < -0.4 is 27.4 Å². The van der Waals surface area contributed by atoms with Crippen molar-refractivity contribution in [3.63, 3.8) is 0 Å². The van der Waals surface area contributed by atoms with E-state index in [-0.39, 0.29) is 18.3 Å². The van der Waals surface area contributed by atoms with E-state index in [1.165, 1.54) is 0 Å². The summed E-state index contributed by atoms with van der Waals surface area (Å²) in [6, 6.07) is 4.29. The molecule has 4 unspecified atom stereocenters. The number of nitrogens with two attached hydrogens (primary N) is 2. The summed E-state index contributed by atoms with van der Waals surface area (Å²) in [5.41, 5.74) is 11.7. The number of amides is 4. The molecule has 194 valence electrons. The number of rotatable bonds is 14. The Morgan fingerprint density at radius 1 is 0.857 bits per heavy atom. The Hall–Kier alpha value is -3.47. The lowest BCUT2D eigenvalue weighted by Gasteiger charge is -2.27. The molecule has 8 N–H and O–H groups in total. The lowest BCUT2D eigenvalue weighted by atomic mass is 9.99. The predicted octanol–water partition coefficient (Wildman–Crippen LogP) is -0.327. The molecule has 11 nitrogen and oxygen atoms in total. The summed E-state index contributed by atoms with van der Waals surface area (Å²) < 4.78 is 0. The van der Waals surface area contributed by atoms with Crippen LogP contribution in [0.15, 0.2) is 30.3 Å². The Kier molecular flexibility index (Phi) is 11.9. The van der Waals surface area contributed by atoms with Crippen molar-refractivity contribution in [1.29, 1.82) is 0 Å². The number of benzene rings is 1. The Labute approximate surface area is 205 Å². The predicted molar refractivity (Wildman–Crippen MR) is 130 cm³/mol. The number of hydrogen-bond acceptors (Lipinski definition) is 6. The number of carbonyl (C=O) groups excluding carboxylic acids is 4. The first kappa shape index (κ1) is 29.6. The van der Waals surface area contributed by atoms with E-state index in [0.29, 0.717) is 12.0 Å². The van der Waals surface area contributed by atoms with Gasteiger partial charge >= 0.3 is 5.97 Å². The first-order valence-corrected chi connectivity index (χ1v) is 11.5. The summed E-state index contributed by atoms with van der Waals surface area (Å²) >= 11 is 0. The van der Waals surface area contributed by atoms with Gasteiger partial charge in [0.05, 0.1) is 12.5 Å². The van der Waals surface area contributed by atoms with Gasteiger partial charge in [-0.05, 0) is 23.8 Å². The number of primary amides is 1. The third-order valence-corrected chi connectivity index (χ3v) is 5.24. The number of carboxylic acids is 1. The van der Waals surface area contributed by atoms with Gasteiger partial charge in [0, 0.05) is 6.42 Å². The first-order valence-electron chi connectivity index (χ1n) is 11.5. The summed E-state index contributed by atoms with van der Waals surface area (Å²) in [7, 11) is 0. The Morgan fingerprint density at radius 3 is 1.91 bits per heavy atom. The van der Waals surface area contributed by atoms with Crippen molar-refractivity contribution >= 4 is 29.6 Å². The van der Waals surface area contributed by atoms with Crippen LogP contribution in [0.25, 0.3) is 0 Å². The third kappa shape index (κ3) is 10.6. The lowest BCUT2D eigenvalue weighted by Crippen LogP contribution is -2.59. The number of carbonyl (C=O) groups is 5. The van der Waals surface area contributed by atoms with Gasteiger partial charge in [0.15, 0.2) is 0 Å². The van der Waals surface area contributed by atoms with Crippen molar-refractivity contribution in [1.82, 2.24) is 16.0 Å². The van der Waals surface area contributed by atoms with E-state index in [0.717, 1.165) is 0 Å². The highest BCUT2D eigenvalue weighted by Gasteiger charge is 2.32. The molecule has 0 radical (unpaired) electrons. The summed E-state index contributed by atoms with van der Waals surface area (Å²) in [5.74, 6) is -4.39. The highest BCUT2D eigenvalue weighted by Crippen LogP contribution is 2.09. The fraction of sp³-hybridized carbons (Fsp3) is 0.542. The highest BCUT2D eigenvalue weighted by molar-refractivity contribution is 5.95. The molecule has 1 aromatic rings. The van der Waals surface area contributed by atoms with Crippen LogP contribution in [0.2, 0.25) is 0 Å². The van der Waals surface area contributed by atoms with Gasteiger partial charge in [0.2, 0.25) is 23.6 Å². The van der Waals surface area contributed by atoms with E-state index >= 15 is 0 Å². The molecule has 0 saturated carbocycles. The first-order chi connectivity index (χ1) is 16.3. The zero-order chi connectivity index (χ0) is 26.7. The van der Waals surface area contributed by atoms with Crippen molar-refractivity contribution < 1.29 is 29.1 Å². The number of aliphatic carboxylic acids is 1. The van der Waals surface area contributed by atoms with Crippen molar-refractivity contribution in [2.24, 2.45) is 23.3 Å². The van der Waals surface area contributed by atoms with Gasteiger partial charge in [-0.25, -0.2) is 4.79 Å². The minimum Gasteiger partial charge on any atom is -0.480 e. The van der Waals surface area contributed by atoms with Crippen molar-refractivity contribution in [2.75, 3.05) is 0 Å². The van der Waals surface area contributed by atoms with Crippen molar-refractivity contribution in [3.8, 4) is 0 Å². The summed E-state index contributed by atoms with van der Waals surface area (Å²) in [6.45, 7) is 7.32. The largest absolute Gasteiger partial charge is 0.480 e. The van der Waals surface area contributed by atoms with Gasteiger partial charge in [-0.3, -0.25) is 19.2 Å². The molecule has 0 fully saturated rings. The fourth-order valence-corrected chi connectivity index (χ4v) is 3.40. The monoisotopic (exact) mass is 491 g/mol. The van der Waals surface area contributed by atoms with E-state index in [9.17, 15) is 29.1 Å². The van der Waals surface area contributed by atoms with Crippen LogP contribution in [-0.4, -0.2) is 58.9 Å². The molecule has 0 bridgehead atoms. The van der Waals surface area contributed by atoms with Crippen LogP contribution in [0.1, 0.15) is 46.1 Å². The van der Waals surface area contributed by atoms with E-state index in [1.54, 1.807) is 44.2 Å². The molecule has 0 aliphatic heterocycles. The Balaban J connectivity index is 3.09. The van der Waals surface area contributed by atoms with Crippen LogP contribution >= 0.6 is 0 Å². The van der Waals surface area contributed by atoms with Crippen molar-refractivity contribution in [2.45, 2.75) is 71.1 Å². The number of hydrogen-bond donors (Lipinski definition) is 6. The molecule has 1 rings (SSSR count). The molecule has 11 heteroatoms. The summed E-state index contributed by atoms with van der Waals surface area (Å²) in [6.07, 6.45) is -0.119. The number of nitrogens with one attached hydrogen (secondary N) is 3. The van der Waals surface area contributed by atoms with Gasteiger partial charge in [0.25, 0.3) is 0 Å². The van der Waals surface area contributed by atoms with E-state index < -0.39 is 60.2 Å². The zero-order valence-electron chi connectivity index (χ0n) is 20.6. The number of carboxylic acid groups (broad SMARTS) is 1. The molecule has 0 spiro atoms. The van der Waals surface area contributed by atoms with Gasteiger partial charge in [0.1, 0.15) is 18.1 Å². The minimum atomic E-state index is -1.55. The van der Waals surface area contributed by atoms with Gasteiger partial charge in [-0.1, -0.05) is 58.0 Å². The molecule has 0 saturated heterocycles. The van der Waals surface area contributed by atoms with Crippen LogP contribution in [0, 0.1) is 11.8 Å². The van der Waals surface area contributed by atoms with Crippen LogP contribution in [0.5, 0.6) is 0 Å². The van der Waals surface area contributed by atoms with Gasteiger partial charge < -0.3 is 32.5 Å². The Morgan fingerprint density at radius 2 is 1.43 bits per heavy atom. The topological polar surface area (TPSA) is 194 Å². The quantitative estimate of drug-likeness (QED) is 0.205. The molecule has 0 heterocycles. The third-order valence-electron chi connectivity index (χ3n) is 5.24. The standard InChI is InChI=1S/C24H37N5O6/c1-13(2)10-16(25)21(31)29-20(14(3)4)23(33)27-17(11-15-8-6-5-7-9-15)22(32)28-18(24(34)35)12-19(26)30/h5-9,13-14,16-18,20H,10-12,25H2,1-4H3,(H2,26,30)(H,27,33)(H,28,32)(H,29,31)(H,34,35). The van der Waals surface area contributed by atoms with Gasteiger partial charge in [-0.15, -0.1) is 0 Å². The summed E-state index contributed by atoms with van der Waals surface area (Å²) in [4.78, 5) is 61.3. The summed E-state index contributed by atoms with van der Waals surface area (Å²) in [5, 5.41) is 16.9. The molecule has 0 aromatic heterocycles. The maximum Gasteiger partial charge on any atom is 0.326 e. The smallest absolute Gasteiger partial charge is 0.326 e. The average molecular weight is 492 g/mol. The maximum atomic E-state index is 13.1. The molecule has 1 aromatic carbocycles. The SMILES string of the molecule is CC(C)CC(N)C(=O)NC(C(=O)NC(Cc1ccccc1)C(=O)NC(CC(N)=O)C(=O)O)C(C)C.